The molecule has 3 aliphatic heterocycles. The summed E-state index contributed by atoms with van der Waals surface area (Å²) in [5.41, 5.74) is 2.16. The van der Waals surface area contributed by atoms with Gasteiger partial charge in [-0.1, -0.05) is 6.07 Å². The number of aryl methyl sites for hydroxylation is 2. The maximum Gasteiger partial charge on any atom is 0.252 e. The van der Waals surface area contributed by atoms with Gasteiger partial charge < -0.3 is 29.5 Å². The molecule has 3 fully saturated rings. The normalized spacial score (nSPS) is 24.1. The van der Waals surface area contributed by atoms with E-state index in [1.54, 1.807) is 31.3 Å². The highest BCUT2D eigenvalue weighted by molar-refractivity contribution is 7.16. The molecule has 1 aromatic carbocycles. The molecule has 1 N–H and O–H groups in total. The van der Waals surface area contributed by atoms with Gasteiger partial charge >= 0.3 is 0 Å². The van der Waals surface area contributed by atoms with Crippen molar-refractivity contribution in [2.45, 2.75) is 56.9 Å². The lowest BCUT2D eigenvalue weighted by Gasteiger charge is -2.36. The van der Waals surface area contributed by atoms with E-state index in [2.05, 4.69) is 29.1 Å². The molecule has 0 spiro atoms. The number of methoxy groups -OCH3 is 1. The standard InChI is InChI=1S/C29H38ClN5O5S/c1-16-13-18(7-8-19(16)22-17(2)41-28(31-22)34-11-9-33(5)10-12-34)26(37)32-25(29(3,4)39-6)27(38)35-14-20(30)24-23(35)21(36)15-40-24/h7-8,13,20,23-25H,9-12,14-15H2,1-6H3,(H,32,37). The summed E-state index contributed by atoms with van der Waals surface area (Å²) in [5, 5.41) is 3.40. The van der Waals surface area contributed by atoms with Gasteiger partial charge in [-0.25, -0.2) is 4.98 Å². The van der Waals surface area contributed by atoms with Crippen LogP contribution in [0.15, 0.2) is 18.2 Å². The topological polar surface area (TPSA) is 104 Å². The van der Waals surface area contributed by atoms with E-state index in [9.17, 15) is 14.4 Å². The van der Waals surface area contributed by atoms with Crippen LogP contribution in [0.2, 0.25) is 0 Å². The van der Waals surface area contributed by atoms with Crippen LogP contribution < -0.4 is 10.2 Å². The summed E-state index contributed by atoms with van der Waals surface area (Å²) < 4.78 is 11.2. The number of anilines is 1. The maximum absolute atomic E-state index is 13.8. The van der Waals surface area contributed by atoms with Gasteiger partial charge in [-0.15, -0.1) is 22.9 Å². The molecule has 5 rings (SSSR count). The number of hydrogen-bond acceptors (Lipinski definition) is 9. The monoisotopic (exact) mass is 603 g/mol. The second kappa shape index (κ2) is 11.6. The lowest BCUT2D eigenvalue weighted by Crippen LogP contribution is -2.60. The van der Waals surface area contributed by atoms with E-state index in [4.69, 9.17) is 26.1 Å². The molecular formula is C29H38ClN5O5S. The van der Waals surface area contributed by atoms with Crippen LogP contribution >= 0.6 is 22.9 Å². The number of fused-ring (bicyclic) bond motifs is 1. The lowest BCUT2D eigenvalue weighted by molar-refractivity contribution is -0.144. The third kappa shape index (κ3) is 5.75. The van der Waals surface area contributed by atoms with Crippen molar-refractivity contribution < 1.29 is 23.9 Å². The minimum absolute atomic E-state index is 0.0754. The molecule has 222 valence electrons. The smallest absolute Gasteiger partial charge is 0.252 e. The van der Waals surface area contributed by atoms with Crippen molar-refractivity contribution in [2.75, 3.05) is 58.4 Å². The Bertz CT molecular complexity index is 1340. The fourth-order valence-corrected chi connectivity index (χ4v) is 7.02. The predicted molar refractivity (Wildman–Crippen MR) is 159 cm³/mol. The Morgan fingerprint density at radius 2 is 1.93 bits per heavy atom. The van der Waals surface area contributed by atoms with Crippen LogP contribution in [0, 0.1) is 13.8 Å². The first-order valence-electron chi connectivity index (χ1n) is 13.9. The van der Waals surface area contributed by atoms with Gasteiger partial charge in [-0.2, -0.15) is 0 Å². The van der Waals surface area contributed by atoms with E-state index in [0.717, 1.165) is 53.0 Å². The minimum Gasteiger partial charge on any atom is -0.376 e. The van der Waals surface area contributed by atoms with E-state index in [1.165, 1.54) is 12.0 Å². The minimum atomic E-state index is -1.05. The number of nitrogens with zero attached hydrogens (tertiary/aromatic N) is 4. The van der Waals surface area contributed by atoms with Crippen molar-refractivity contribution in [2.24, 2.45) is 0 Å². The molecule has 3 aliphatic rings. The van der Waals surface area contributed by atoms with Crippen molar-refractivity contribution in [3.63, 3.8) is 0 Å². The Hall–Kier alpha value is -2.57. The Morgan fingerprint density at radius 1 is 1.22 bits per heavy atom. The van der Waals surface area contributed by atoms with Crippen molar-refractivity contribution in [3.05, 3.63) is 34.2 Å². The molecule has 0 radical (unpaired) electrons. The molecule has 4 heterocycles. The summed E-state index contributed by atoms with van der Waals surface area (Å²) in [6, 6.07) is 3.67. The Balaban J connectivity index is 1.35. The van der Waals surface area contributed by atoms with Crippen LogP contribution in [0.25, 0.3) is 11.3 Å². The zero-order chi connectivity index (χ0) is 29.6. The van der Waals surface area contributed by atoms with Crippen LogP contribution in [0.5, 0.6) is 0 Å². The number of Topliss-reactive ketones (excluding diaryl/α,β-unsaturated/α-hetero) is 1. The lowest BCUT2D eigenvalue weighted by atomic mass is 9.95. The first-order chi connectivity index (χ1) is 19.4. The van der Waals surface area contributed by atoms with Gasteiger partial charge in [0.2, 0.25) is 5.91 Å². The number of nitrogens with one attached hydrogen (secondary N) is 1. The Morgan fingerprint density at radius 3 is 2.59 bits per heavy atom. The summed E-state index contributed by atoms with van der Waals surface area (Å²) in [6.07, 6.45) is -0.545. The van der Waals surface area contributed by atoms with Crippen LogP contribution in [-0.2, 0) is 19.1 Å². The molecular weight excluding hydrogens is 566 g/mol. The highest BCUT2D eigenvalue weighted by Crippen LogP contribution is 2.35. The second-order valence-electron chi connectivity index (χ2n) is 11.6. The molecule has 3 saturated heterocycles. The number of likely N-dealkylation sites (tertiary alicyclic amines) is 1. The van der Waals surface area contributed by atoms with Gasteiger partial charge in [0.25, 0.3) is 5.91 Å². The quantitative estimate of drug-likeness (QED) is 0.482. The molecule has 4 unspecified atom stereocenters. The molecule has 0 aliphatic carbocycles. The van der Waals surface area contributed by atoms with Crippen molar-refractivity contribution in [1.82, 2.24) is 20.1 Å². The molecule has 10 nitrogen and oxygen atoms in total. The largest absolute Gasteiger partial charge is 0.376 e. The van der Waals surface area contributed by atoms with Crippen LogP contribution in [-0.4, -0.2) is 115 Å². The molecule has 1 aromatic heterocycles. The number of aromatic nitrogens is 1. The summed E-state index contributed by atoms with van der Waals surface area (Å²) in [7, 11) is 3.62. The molecule has 4 atom stereocenters. The van der Waals surface area contributed by atoms with Gasteiger partial charge in [0.1, 0.15) is 24.8 Å². The third-order valence-electron chi connectivity index (χ3n) is 8.45. The fraction of sp³-hybridized carbons (Fsp3) is 0.586. The van der Waals surface area contributed by atoms with E-state index in [0.29, 0.717) is 5.56 Å². The molecule has 12 heteroatoms. The number of rotatable bonds is 7. The van der Waals surface area contributed by atoms with Gasteiger partial charge in [0.15, 0.2) is 10.9 Å². The number of carbonyl (C=O) groups is 3. The van der Waals surface area contributed by atoms with E-state index < -0.39 is 41.0 Å². The van der Waals surface area contributed by atoms with E-state index in [-0.39, 0.29) is 18.9 Å². The second-order valence-corrected chi connectivity index (χ2v) is 13.4. The third-order valence-corrected chi connectivity index (χ3v) is 9.87. The first-order valence-corrected chi connectivity index (χ1v) is 15.1. The first kappa shape index (κ1) is 29.9. The van der Waals surface area contributed by atoms with Gasteiger partial charge in [-0.05, 0) is 52.4 Å². The highest BCUT2D eigenvalue weighted by Gasteiger charge is 2.54. The molecule has 0 saturated carbocycles. The summed E-state index contributed by atoms with van der Waals surface area (Å²) in [5.74, 6) is -1.03. The highest BCUT2D eigenvalue weighted by atomic mass is 35.5. The van der Waals surface area contributed by atoms with Crippen LogP contribution in [0.1, 0.15) is 34.6 Å². The van der Waals surface area contributed by atoms with Crippen LogP contribution in [0.4, 0.5) is 5.13 Å². The number of piperazine rings is 1. The Kier molecular flexibility index (Phi) is 8.46. The average Bonchev–Trinajstić information content (AvgIpc) is 3.62. The number of hydrogen-bond donors (Lipinski definition) is 1. The number of amides is 2. The van der Waals surface area contributed by atoms with E-state index >= 15 is 0 Å². The number of halogens is 1. The van der Waals surface area contributed by atoms with Gasteiger partial charge in [-0.3, -0.25) is 14.4 Å². The van der Waals surface area contributed by atoms with Gasteiger partial charge in [0.05, 0.1) is 16.7 Å². The summed E-state index contributed by atoms with van der Waals surface area (Å²) >= 11 is 8.11. The SMILES string of the molecule is COC(C)(C)C(NC(=O)c1ccc(-c2nc(N3CCN(C)CC3)sc2C)c(C)c1)C(=O)N1CC(Cl)C2OCC(=O)C21. The average molecular weight is 604 g/mol. The van der Waals surface area contributed by atoms with Crippen LogP contribution in [0.3, 0.4) is 0 Å². The van der Waals surface area contributed by atoms with Gasteiger partial charge in [0, 0.05) is 55.8 Å². The number of ketones is 1. The van der Waals surface area contributed by atoms with Crippen molar-refractivity contribution >= 4 is 45.7 Å². The molecule has 2 amide bonds. The Labute approximate surface area is 249 Å². The molecule has 41 heavy (non-hydrogen) atoms. The van der Waals surface area contributed by atoms with Crippen molar-refractivity contribution in [1.29, 1.82) is 0 Å². The number of ether oxygens (including phenoxy) is 2. The number of carbonyl (C=O) groups excluding carboxylic acids is 3. The predicted octanol–water partition coefficient (Wildman–Crippen LogP) is 2.49. The fourth-order valence-electron chi connectivity index (χ4n) is 5.69. The number of benzene rings is 1. The maximum atomic E-state index is 13.8. The molecule has 0 bridgehead atoms. The zero-order valence-electron chi connectivity index (χ0n) is 24.4. The number of alkyl halides is 1. The summed E-state index contributed by atoms with van der Waals surface area (Å²) in [6.45, 7) is 11.5. The zero-order valence-corrected chi connectivity index (χ0v) is 26.0. The van der Waals surface area contributed by atoms with E-state index in [1.807, 2.05) is 19.1 Å². The van der Waals surface area contributed by atoms with Crippen molar-refractivity contribution in [3.8, 4) is 11.3 Å². The number of thiazole rings is 1. The summed E-state index contributed by atoms with van der Waals surface area (Å²) in [4.78, 5) is 52.0. The number of likely N-dealkylation sites (N-methyl/N-ethyl adjacent to an activating group) is 1. The molecule has 2 aromatic rings.